The van der Waals surface area contributed by atoms with Gasteiger partial charge in [-0.3, -0.25) is 23.7 Å². The standard InChI is InChI=1S/C35H35Cl2N9O5.2C3H3F3O2/c1-2-50-34(49)30-18-39-35(51-30)43-13-14-44-24-8-6-7-22(15-24)27(9-4-3-5-12-38-33(48)29(44)19-43)45-21-40-26(17-32(45)47)25-16-23(36)10-11-28(25)46-20-31(37)41-42-46;1-2(7)8-3(4,5)6;4-3(5,6)1-2(7)8/h6-8,10-11,15-18,20-21,27,29H,2-5,9,12-14,19H2,1H3,(H,38,48);1H3;1H2,(H,7,8)/t27-,29+;;/m0../s1. The Labute approximate surface area is 386 Å². The molecular weight excluding hydrogens is 947 g/mol. The first-order valence-corrected chi connectivity index (χ1v) is 20.9. The summed E-state index contributed by atoms with van der Waals surface area (Å²) in [6.07, 6.45) is -3.50. The predicted molar refractivity (Wildman–Crippen MR) is 227 cm³/mol. The van der Waals surface area contributed by atoms with Gasteiger partial charge in [0.05, 0.1) is 49.3 Å². The number of esters is 2. The number of alkyl halides is 6. The number of carbonyl (C=O) groups excluding carboxylic acids is 3. The molecule has 1 saturated heterocycles. The zero-order valence-corrected chi connectivity index (χ0v) is 36.9. The molecule has 67 heavy (non-hydrogen) atoms. The molecule has 2 aliphatic heterocycles. The molecule has 2 aliphatic rings. The van der Waals surface area contributed by atoms with Crippen LogP contribution in [0.25, 0.3) is 16.9 Å². The molecule has 0 aliphatic carbocycles. The van der Waals surface area contributed by atoms with Crippen molar-refractivity contribution in [3.05, 3.63) is 99.1 Å². The third-order valence-corrected chi connectivity index (χ3v) is 10.1. The van der Waals surface area contributed by atoms with E-state index in [1.54, 1.807) is 42.2 Å². The van der Waals surface area contributed by atoms with E-state index in [0.29, 0.717) is 61.5 Å². The second-order valence-corrected chi connectivity index (χ2v) is 15.3. The van der Waals surface area contributed by atoms with E-state index < -0.39 is 42.9 Å². The number of hydrogen-bond donors (Lipinski definition) is 2. The van der Waals surface area contributed by atoms with Gasteiger partial charge in [-0.15, -0.1) is 18.3 Å². The van der Waals surface area contributed by atoms with Crippen LogP contribution in [0.5, 0.6) is 0 Å². The number of fused-ring (bicyclic) bond motifs is 4. The molecule has 0 spiro atoms. The Balaban J connectivity index is 0.000000450. The van der Waals surface area contributed by atoms with E-state index in [-0.39, 0.29) is 41.0 Å². The molecule has 5 aromatic rings. The molecule has 0 unspecified atom stereocenters. The third-order valence-electron chi connectivity index (χ3n) is 9.69. The molecule has 5 heterocycles. The van der Waals surface area contributed by atoms with Gasteiger partial charge in [0.15, 0.2) is 5.15 Å². The number of nitrogens with one attached hydrogen (secondary N) is 1. The first kappa shape index (κ1) is 51.3. The monoisotopic (exact) mass is 987 g/mol. The molecule has 18 nitrogen and oxygen atoms in total. The summed E-state index contributed by atoms with van der Waals surface area (Å²) in [5, 5.41) is 19.3. The van der Waals surface area contributed by atoms with Crippen molar-refractivity contribution in [3.8, 4) is 16.9 Å². The number of amides is 1. The molecular formula is C41H41Cl2F6N9O9. The van der Waals surface area contributed by atoms with Gasteiger partial charge in [-0.1, -0.05) is 53.4 Å². The Morgan fingerprint density at radius 1 is 0.970 bits per heavy atom. The lowest BCUT2D eigenvalue weighted by atomic mass is 9.98. The van der Waals surface area contributed by atoms with E-state index in [1.165, 1.54) is 16.9 Å². The number of rotatable bonds is 7. The molecule has 2 bridgehead atoms. The van der Waals surface area contributed by atoms with Crippen molar-refractivity contribution in [1.82, 2.24) is 34.8 Å². The summed E-state index contributed by atoms with van der Waals surface area (Å²) in [7, 11) is 0. The fraction of sp³-hybridized carbons (Fsp3) is 0.390. The number of carbonyl (C=O) groups is 4. The van der Waals surface area contributed by atoms with E-state index in [1.807, 2.05) is 29.2 Å². The Morgan fingerprint density at radius 3 is 2.34 bits per heavy atom. The number of hydrogen-bond acceptors (Lipinski definition) is 14. The van der Waals surface area contributed by atoms with Crippen LogP contribution in [0, 0.1) is 0 Å². The van der Waals surface area contributed by atoms with Crippen LogP contribution >= 0.6 is 23.2 Å². The van der Waals surface area contributed by atoms with Crippen LogP contribution in [-0.4, -0.2) is 110 Å². The highest BCUT2D eigenvalue weighted by molar-refractivity contribution is 6.31. The number of carboxylic acids is 1. The zero-order valence-electron chi connectivity index (χ0n) is 35.4. The van der Waals surface area contributed by atoms with E-state index >= 15 is 0 Å². The molecule has 7 rings (SSSR count). The van der Waals surface area contributed by atoms with Gasteiger partial charge in [0.2, 0.25) is 11.7 Å². The third kappa shape index (κ3) is 14.9. The SMILES string of the molecule is CC(=O)OC(F)(F)F.CCOC(=O)c1cnc(N2CCN3c4cccc(c4)[C@@H](n4cnc(-c5cc(Cl)ccc5-n5cc(Cl)nn5)cc4=O)CCCCCNC(=O)[C@H]3C2)o1.O=C(O)CC(F)(F)F. The van der Waals surface area contributed by atoms with Gasteiger partial charge in [-0.25, -0.2) is 19.4 Å². The molecule has 1 amide bonds. The summed E-state index contributed by atoms with van der Waals surface area (Å²) < 4.78 is 82.1. The molecule has 360 valence electrons. The minimum absolute atomic E-state index is 0.0123. The smallest absolute Gasteiger partial charge is 0.481 e. The summed E-state index contributed by atoms with van der Waals surface area (Å²) in [6.45, 7) is 4.42. The summed E-state index contributed by atoms with van der Waals surface area (Å²) in [6, 6.07) is 14.1. The minimum Gasteiger partial charge on any atom is -0.481 e. The lowest BCUT2D eigenvalue weighted by molar-refractivity contribution is -0.304. The summed E-state index contributed by atoms with van der Waals surface area (Å²) in [4.78, 5) is 71.5. The highest BCUT2D eigenvalue weighted by atomic mass is 35.5. The first-order valence-electron chi connectivity index (χ1n) is 20.2. The number of anilines is 2. The fourth-order valence-corrected chi connectivity index (χ4v) is 7.24. The van der Waals surface area contributed by atoms with Gasteiger partial charge in [0.25, 0.3) is 11.6 Å². The van der Waals surface area contributed by atoms with Gasteiger partial charge >= 0.3 is 30.4 Å². The highest BCUT2D eigenvalue weighted by Crippen LogP contribution is 2.32. The van der Waals surface area contributed by atoms with Crippen molar-refractivity contribution in [2.24, 2.45) is 0 Å². The lowest BCUT2D eigenvalue weighted by Gasteiger charge is -2.41. The number of aliphatic carboxylic acids is 1. The maximum atomic E-state index is 13.9. The van der Waals surface area contributed by atoms with E-state index in [0.717, 1.165) is 30.5 Å². The maximum absolute atomic E-state index is 13.9. The van der Waals surface area contributed by atoms with Gasteiger partial charge in [-0.2, -0.15) is 13.2 Å². The summed E-state index contributed by atoms with van der Waals surface area (Å²) in [5.41, 5.74) is 3.22. The Morgan fingerprint density at radius 2 is 1.73 bits per heavy atom. The van der Waals surface area contributed by atoms with Crippen LogP contribution in [0.3, 0.4) is 0 Å². The molecule has 3 aromatic heterocycles. The second-order valence-electron chi connectivity index (χ2n) is 14.5. The minimum atomic E-state index is -4.83. The number of nitrogens with zero attached hydrogens (tertiary/aromatic N) is 8. The van der Waals surface area contributed by atoms with Crippen molar-refractivity contribution in [3.63, 3.8) is 0 Å². The van der Waals surface area contributed by atoms with Gasteiger partial charge in [0.1, 0.15) is 12.5 Å². The number of aromatic nitrogens is 6. The van der Waals surface area contributed by atoms with Crippen molar-refractivity contribution in [2.75, 3.05) is 42.6 Å². The van der Waals surface area contributed by atoms with Crippen LogP contribution in [0.2, 0.25) is 10.2 Å². The average molecular weight is 989 g/mol. The van der Waals surface area contributed by atoms with Crippen LogP contribution in [0.15, 0.2) is 76.5 Å². The molecule has 26 heteroatoms. The van der Waals surface area contributed by atoms with Crippen molar-refractivity contribution in [1.29, 1.82) is 0 Å². The summed E-state index contributed by atoms with van der Waals surface area (Å²) >= 11 is 12.4. The quantitative estimate of drug-likeness (QED) is 0.124. The Kier molecular flexibility index (Phi) is 17.4. The normalized spacial score (nSPS) is 16.5. The number of ether oxygens (including phenoxy) is 2. The number of oxazole rings is 1. The highest BCUT2D eigenvalue weighted by Gasteiger charge is 2.36. The Hall–Kier alpha value is -6.69. The van der Waals surface area contributed by atoms with Gasteiger partial charge in [-0.05, 0) is 55.7 Å². The van der Waals surface area contributed by atoms with E-state index in [2.05, 4.69) is 30.2 Å². The molecule has 0 radical (unpaired) electrons. The number of piperazine rings is 1. The maximum Gasteiger partial charge on any atom is 0.575 e. The van der Waals surface area contributed by atoms with Crippen LogP contribution < -0.4 is 20.7 Å². The van der Waals surface area contributed by atoms with Crippen LogP contribution in [0.1, 0.15) is 68.1 Å². The van der Waals surface area contributed by atoms with E-state index in [4.69, 9.17) is 42.4 Å². The molecule has 1 fully saturated rings. The Bertz CT molecular complexity index is 2560. The van der Waals surface area contributed by atoms with Crippen molar-refractivity contribution >= 4 is 58.7 Å². The second kappa shape index (κ2) is 22.7. The van der Waals surface area contributed by atoms with Gasteiger partial charge in [0, 0.05) is 48.9 Å². The number of benzene rings is 2. The van der Waals surface area contributed by atoms with Crippen molar-refractivity contribution < 1.29 is 64.5 Å². The predicted octanol–water partition coefficient (Wildman–Crippen LogP) is 7.03. The van der Waals surface area contributed by atoms with Gasteiger partial charge < -0.3 is 34.1 Å². The number of carboxylic acid groups (broad SMARTS) is 1. The molecule has 2 atom stereocenters. The topological polar surface area (TPSA) is 217 Å². The van der Waals surface area contributed by atoms with Crippen LogP contribution in [-0.2, 0) is 23.9 Å². The van der Waals surface area contributed by atoms with Crippen LogP contribution in [0.4, 0.5) is 38.0 Å². The summed E-state index contributed by atoms with van der Waals surface area (Å²) in [5.74, 6) is -3.88. The first-order chi connectivity index (χ1) is 31.6. The number of halogens is 8. The molecule has 2 aromatic carbocycles. The fourth-order valence-electron chi connectivity index (χ4n) is 6.94. The van der Waals surface area contributed by atoms with Crippen molar-refractivity contribution in [2.45, 2.75) is 70.6 Å². The molecule has 2 N–H and O–H groups in total. The zero-order chi connectivity index (χ0) is 49.1. The van der Waals surface area contributed by atoms with E-state index in [9.17, 15) is 50.3 Å². The largest absolute Gasteiger partial charge is 0.575 e. The molecule has 0 saturated carbocycles. The average Bonchev–Trinajstić information content (AvgIpc) is 3.92. The lowest BCUT2D eigenvalue weighted by Crippen LogP contribution is -2.59.